The van der Waals surface area contributed by atoms with Crippen LogP contribution in [0.3, 0.4) is 0 Å². The predicted molar refractivity (Wildman–Crippen MR) is 40.3 cm³/mol. The summed E-state index contributed by atoms with van der Waals surface area (Å²) in [7, 11) is 0. The van der Waals surface area contributed by atoms with Gasteiger partial charge < -0.3 is 0 Å². The van der Waals surface area contributed by atoms with E-state index in [1.807, 2.05) is 6.08 Å². The lowest BCUT2D eigenvalue weighted by atomic mass is 10.2. The van der Waals surface area contributed by atoms with Gasteiger partial charge in [-0.1, -0.05) is 27.4 Å². The van der Waals surface area contributed by atoms with Crippen LogP contribution in [0, 0.1) is 5.92 Å². The topological polar surface area (TPSA) is 12.4 Å². The average Bonchev–Trinajstić information content (AvgIpc) is 1.61. The molecule has 0 fully saturated rings. The molecule has 8 heavy (non-hydrogen) atoms. The van der Waals surface area contributed by atoms with Gasteiger partial charge in [0.05, 0.1) is 0 Å². The van der Waals surface area contributed by atoms with Crippen molar-refractivity contribution in [3.05, 3.63) is 12.3 Å². The molecule has 0 bridgehead atoms. The highest BCUT2D eigenvalue weighted by molar-refractivity contribution is 5.25. The lowest BCUT2D eigenvalue weighted by molar-refractivity contribution is 0.829. The van der Waals surface area contributed by atoms with Crippen molar-refractivity contribution < 1.29 is 0 Å². The number of aliphatic imine (C=N–C) groups is 1. The molecule has 1 nitrogen and oxygen atoms in total. The standard InChI is InChI=1S/C6H11N.CH4/c1-6(2)4-5-7-3;/h4-6H,3H2,1-2H3;1H4. The zero-order chi connectivity index (χ0) is 5.70. The van der Waals surface area contributed by atoms with Gasteiger partial charge in [0, 0.05) is 6.20 Å². The van der Waals surface area contributed by atoms with Crippen molar-refractivity contribution in [3.63, 3.8) is 0 Å². The summed E-state index contributed by atoms with van der Waals surface area (Å²) in [6.07, 6.45) is 3.71. The first-order chi connectivity index (χ1) is 3.27. The highest BCUT2D eigenvalue weighted by Gasteiger charge is 1.77. The summed E-state index contributed by atoms with van der Waals surface area (Å²) in [5.41, 5.74) is 0. The molecule has 0 aromatic carbocycles. The van der Waals surface area contributed by atoms with Gasteiger partial charge in [0.2, 0.25) is 0 Å². The normalized spacial score (nSPS) is 9.38. The van der Waals surface area contributed by atoms with Crippen LogP contribution in [0.5, 0.6) is 0 Å². The summed E-state index contributed by atoms with van der Waals surface area (Å²) in [6, 6.07) is 0. The fourth-order valence-electron chi connectivity index (χ4n) is 0.233. The molecule has 0 amide bonds. The quantitative estimate of drug-likeness (QED) is 0.488. The second kappa shape index (κ2) is 6.41. The molecule has 0 N–H and O–H groups in total. The Bertz CT molecular complexity index is 72.5. The number of hydrogen-bond donors (Lipinski definition) is 0. The van der Waals surface area contributed by atoms with Crippen molar-refractivity contribution in [1.82, 2.24) is 0 Å². The Morgan fingerprint density at radius 1 is 1.50 bits per heavy atom. The van der Waals surface area contributed by atoms with Gasteiger partial charge in [0.15, 0.2) is 0 Å². The van der Waals surface area contributed by atoms with Gasteiger partial charge in [0.1, 0.15) is 0 Å². The minimum absolute atomic E-state index is 0. The largest absolute Gasteiger partial charge is 0.273 e. The Labute approximate surface area is 52.1 Å². The van der Waals surface area contributed by atoms with Crippen LogP contribution in [0.1, 0.15) is 21.3 Å². The molecule has 0 saturated carbocycles. The molecule has 0 heterocycles. The van der Waals surface area contributed by atoms with Crippen LogP contribution in [-0.2, 0) is 0 Å². The fraction of sp³-hybridized carbons (Fsp3) is 0.571. The maximum absolute atomic E-state index is 3.55. The van der Waals surface area contributed by atoms with Crippen molar-refractivity contribution in [1.29, 1.82) is 0 Å². The highest BCUT2D eigenvalue weighted by Crippen LogP contribution is 1.91. The smallest absolute Gasteiger partial charge is 0.0223 e. The Kier molecular flexibility index (Phi) is 8.34. The van der Waals surface area contributed by atoms with Crippen LogP contribution in [0.4, 0.5) is 0 Å². The molecule has 48 valence electrons. The van der Waals surface area contributed by atoms with Gasteiger partial charge in [-0.3, -0.25) is 4.99 Å². The molecule has 0 aliphatic heterocycles. The predicted octanol–water partition coefficient (Wildman–Crippen LogP) is 2.49. The monoisotopic (exact) mass is 113 g/mol. The van der Waals surface area contributed by atoms with E-state index in [9.17, 15) is 0 Å². The number of nitrogens with zero attached hydrogens (tertiary/aromatic N) is 1. The lowest BCUT2D eigenvalue weighted by Gasteiger charge is -1.87. The van der Waals surface area contributed by atoms with Crippen LogP contribution in [0.25, 0.3) is 0 Å². The van der Waals surface area contributed by atoms with E-state index in [0.29, 0.717) is 5.92 Å². The van der Waals surface area contributed by atoms with Gasteiger partial charge in [-0.05, 0) is 12.6 Å². The molecule has 0 atom stereocenters. The van der Waals surface area contributed by atoms with Crippen LogP contribution in [0.15, 0.2) is 17.3 Å². The van der Waals surface area contributed by atoms with E-state index >= 15 is 0 Å². The van der Waals surface area contributed by atoms with Crippen molar-refractivity contribution in [2.75, 3.05) is 0 Å². The molecule has 0 rings (SSSR count). The first-order valence-electron chi connectivity index (χ1n) is 2.40. The molecular weight excluding hydrogens is 98.1 g/mol. The maximum atomic E-state index is 3.55. The molecule has 0 aliphatic carbocycles. The van der Waals surface area contributed by atoms with E-state index in [4.69, 9.17) is 0 Å². The lowest BCUT2D eigenvalue weighted by Crippen LogP contribution is -1.73. The second-order valence-corrected chi connectivity index (χ2v) is 1.77. The first-order valence-corrected chi connectivity index (χ1v) is 2.40. The summed E-state index contributed by atoms with van der Waals surface area (Å²) < 4.78 is 0. The number of rotatable bonds is 2. The van der Waals surface area contributed by atoms with Gasteiger partial charge in [-0.2, -0.15) is 0 Å². The zero-order valence-electron chi connectivity index (χ0n) is 4.89. The van der Waals surface area contributed by atoms with Crippen LogP contribution < -0.4 is 0 Å². The van der Waals surface area contributed by atoms with Gasteiger partial charge >= 0.3 is 0 Å². The number of hydrogen-bond acceptors (Lipinski definition) is 1. The molecule has 0 saturated heterocycles. The van der Waals surface area contributed by atoms with Crippen molar-refractivity contribution in [2.24, 2.45) is 10.9 Å². The summed E-state index contributed by atoms with van der Waals surface area (Å²) in [6.45, 7) is 7.49. The molecule has 1 heteroatoms. The van der Waals surface area contributed by atoms with Crippen molar-refractivity contribution in [2.45, 2.75) is 21.3 Å². The molecule has 0 radical (unpaired) electrons. The summed E-state index contributed by atoms with van der Waals surface area (Å²) in [5, 5.41) is 0. The Hall–Kier alpha value is -0.590. The molecular formula is C7H15N. The van der Waals surface area contributed by atoms with Crippen molar-refractivity contribution >= 4 is 6.72 Å². The summed E-state index contributed by atoms with van der Waals surface area (Å²) >= 11 is 0. The van der Waals surface area contributed by atoms with E-state index in [0.717, 1.165) is 0 Å². The van der Waals surface area contributed by atoms with Crippen LogP contribution in [-0.4, -0.2) is 6.72 Å². The minimum Gasteiger partial charge on any atom is -0.273 e. The molecule has 0 aromatic heterocycles. The van der Waals surface area contributed by atoms with Crippen molar-refractivity contribution in [3.8, 4) is 0 Å². The zero-order valence-corrected chi connectivity index (χ0v) is 4.89. The molecule has 0 unspecified atom stereocenters. The third kappa shape index (κ3) is 9.05. The van der Waals surface area contributed by atoms with E-state index in [1.54, 1.807) is 6.20 Å². The second-order valence-electron chi connectivity index (χ2n) is 1.77. The van der Waals surface area contributed by atoms with Gasteiger partial charge in [0.25, 0.3) is 0 Å². The maximum Gasteiger partial charge on any atom is 0.0223 e. The van der Waals surface area contributed by atoms with Gasteiger partial charge in [-0.25, -0.2) is 0 Å². The van der Waals surface area contributed by atoms with Crippen LogP contribution in [0.2, 0.25) is 0 Å². The number of allylic oxidation sites excluding steroid dienone is 1. The minimum atomic E-state index is 0. The third-order valence-electron chi connectivity index (χ3n) is 0.576. The fourth-order valence-corrected chi connectivity index (χ4v) is 0.233. The Morgan fingerprint density at radius 2 is 2.00 bits per heavy atom. The van der Waals surface area contributed by atoms with E-state index in [-0.39, 0.29) is 7.43 Å². The summed E-state index contributed by atoms with van der Waals surface area (Å²) in [5.74, 6) is 0.588. The van der Waals surface area contributed by atoms with Crippen LogP contribution >= 0.6 is 0 Å². The van der Waals surface area contributed by atoms with E-state index in [1.165, 1.54) is 0 Å². The van der Waals surface area contributed by atoms with E-state index < -0.39 is 0 Å². The van der Waals surface area contributed by atoms with Gasteiger partial charge in [-0.15, -0.1) is 0 Å². The highest BCUT2D eigenvalue weighted by atomic mass is 14.6. The molecule has 0 aliphatic rings. The summed E-state index contributed by atoms with van der Waals surface area (Å²) in [4.78, 5) is 3.55. The third-order valence-corrected chi connectivity index (χ3v) is 0.576. The average molecular weight is 113 g/mol. The first kappa shape index (κ1) is 10.4. The Morgan fingerprint density at radius 3 is 2.12 bits per heavy atom. The molecule has 0 aromatic rings. The van der Waals surface area contributed by atoms with E-state index in [2.05, 4.69) is 25.6 Å². The molecule has 0 spiro atoms. The Balaban J connectivity index is 0. The SMILES string of the molecule is C.C=NC=CC(C)C.